The van der Waals surface area contributed by atoms with Crippen LogP contribution in [0.2, 0.25) is 0 Å². The van der Waals surface area contributed by atoms with E-state index < -0.39 is 108 Å². The molecule has 4 heterocycles. The van der Waals surface area contributed by atoms with E-state index >= 15 is 0 Å². The number of hydrogen-bond acceptors (Lipinski definition) is 5. The van der Waals surface area contributed by atoms with Crippen molar-refractivity contribution in [3.8, 4) is 22.3 Å². The molecular formula is C33H14F12N4O. The van der Waals surface area contributed by atoms with E-state index in [1.807, 2.05) is 0 Å². The predicted octanol–water partition coefficient (Wildman–Crippen LogP) is 10.2. The Morgan fingerprint density at radius 3 is 1.18 bits per heavy atom. The summed E-state index contributed by atoms with van der Waals surface area (Å²) in [6, 6.07) is 10.3. The molecule has 0 aliphatic heterocycles. The van der Waals surface area contributed by atoms with E-state index in [-0.39, 0.29) is 0 Å². The zero-order valence-corrected chi connectivity index (χ0v) is 24.3. The summed E-state index contributed by atoms with van der Waals surface area (Å²) in [5.74, 6) is -1.23. The highest BCUT2D eigenvalue weighted by Gasteiger charge is 2.40. The fraction of sp³-hybridized carbons (Fsp3) is 0.121. The summed E-state index contributed by atoms with van der Waals surface area (Å²) in [7, 11) is 0. The maximum Gasteiger partial charge on any atom is 0.433 e. The topological polar surface area (TPSA) is 68.6 Å². The first-order valence-corrected chi connectivity index (χ1v) is 13.9. The summed E-state index contributed by atoms with van der Waals surface area (Å²) in [4.78, 5) is 28.5. The summed E-state index contributed by atoms with van der Waals surface area (Å²) < 4.78 is 167. The van der Waals surface area contributed by atoms with Crippen LogP contribution < -0.4 is 0 Å². The zero-order chi connectivity index (χ0) is 36.4. The number of pyridine rings is 4. The molecule has 0 atom stereocenters. The van der Waals surface area contributed by atoms with Crippen LogP contribution in [0.3, 0.4) is 0 Å². The highest BCUT2D eigenvalue weighted by Crippen LogP contribution is 2.43. The number of rotatable bonds is 4. The molecule has 6 rings (SSSR count). The number of benzene rings is 2. The van der Waals surface area contributed by atoms with E-state index in [4.69, 9.17) is 0 Å². The van der Waals surface area contributed by atoms with E-state index in [2.05, 4.69) is 19.9 Å². The Bertz CT molecular complexity index is 2150. The van der Waals surface area contributed by atoms with Gasteiger partial charge in [0.25, 0.3) is 0 Å². The lowest BCUT2D eigenvalue weighted by Crippen LogP contribution is -2.14. The smallest absolute Gasteiger partial charge is 0.285 e. The minimum atomic E-state index is -5.25. The largest absolute Gasteiger partial charge is 0.433 e. The van der Waals surface area contributed by atoms with Crippen LogP contribution in [-0.4, -0.2) is 25.7 Å². The molecule has 2 aromatic carbocycles. The van der Waals surface area contributed by atoms with Gasteiger partial charge in [-0.3, -0.25) is 14.8 Å². The maximum atomic E-state index is 14.2. The number of carbonyl (C=O) groups is 1. The molecule has 0 aliphatic carbocycles. The van der Waals surface area contributed by atoms with Crippen molar-refractivity contribution in [2.24, 2.45) is 0 Å². The summed E-state index contributed by atoms with van der Waals surface area (Å²) in [6.07, 6.45) is -18.7. The standard InChI is InChI=1S/C33H14F12N4O/c34-30(35,36)21-9-1-5-15-19(13-23(32(40,41)42)48-25(15)21)17-7-3-11-46-27(17)29(50)28-18(8-4-12-47-28)20-14-24(33(43,44)45)49-26-16(20)6-2-10-22(26)31(37,38)39/h1-14H. The second-order valence-corrected chi connectivity index (χ2v) is 10.6. The summed E-state index contributed by atoms with van der Waals surface area (Å²) in [6.45, 7) is 0. The SMILES string of the molecule is O=C(c1ncccc1-c1cc(C(F)(F)F)nc2c(C(F)(F)F)cccc12)c1ncccc1-c1cc(C(F)(F)F)nc2c(C(F)(F)F)cccc12. The van der Waals surface area contributed by atoms with Gasteiger partial charge in [-0.15, -0.1) is 0 Å². The van der Waals surface area contributed by atoms with Crippen molar-refractivity contribution in [2.75, 3.05) is 0 Å². The molecule has 6 aromatic rings. The van der Waals surface area contributed by atoms with E-state index in [1.54, 1.807) is 0 Å². The highest BCUT2D eigenvalue weighted by atomic mass is 19.4. The predicted molar refractivity (Wildman–Crippen MR) is 153 cm³/mol. The van der Waals surface area contributed by atoms with Gasteiger partial charge in [0.1, 0.15) is 22.8 Å². The van der Waals surface area contributed by atoms with Gasteiger partial charge in [0.15, 0.2) is 0 Å². The van der Waals surface area contributed by atoms with Gasteiger partial charge < -0.3 is 0 Å². The number of ketones is 1. The molecule has 0 unspecified atom stereocenters. The lowest BCUT2D eigenvalue weighted by Gasteiger charge is -2.18. The monoisotopic (exact) mass is 710 g/mol. The molecule has 0 saturated heterocycles. The van der Waals surface area contributed by atoms with Crippen LogP contribution in [0.15, 0.2) is 85.2 Å². The van der Waals surface area contributed by atoms with Gasteiger partial charge in [0.2, 0.25) is 5.78 Å². The maximum absolute atomic E-state index is 14.2. The minimum absolute atomic E-state index is 0.417. The Hall–Kier alpha value is -5.61. The first-order valence-electron chi connectivity index (χ1n) is 13.9. The van der Waals surface area contributed by atoms with Crippen LogP contribution in [0.25, 0.3) is 44.1 Å². The Balaban J connectivity index is 1.62. The highest BCUT2D eigenvalue weighted by molar-refractivity contribution is 6.16. The Kier molecular flexibility index (Phi) is 8.06. The first-order chi connectivity index (χ1) is 23.3. The van der Waals surface area contributed by atoms with Crippen molar-refractivity contribution in [3.63, 3.8) is 0 Å². The Labute approximate surface area is 271 Å². The van der Waals surface area contributed by atoms with E-state index in [1.165, 1.54) is 12.1 Å². The summed E-state index contributed by atoms with van der Waals surface area (Å²) >= 11 is 0. The van der Waals surface area contributed by atoms with Crippen LogP contribution in [0.1, 0.15) is 38.7 Å². The fourth-order valence-corrected chi connectivity index (χ4v) is 5.41. The number of fused-ring (bicyclic) bond motifs is 2. The van der Waals surface area contributed by atoms with Crippen molar-refractivity contribution >= 4 is 27.6 Å². The average molecular weight is 710 g/mol. The second kappa shape index (κ2) is 11.8. The van der Waals surface area contributed by atoms with Crippen LogP contribution in [0.4, 0.5) is 52.7 Å². The molecule has 0 radical (unpaired) electrons. The van der Waals surface area contributed by atoms with Gasteiger partial charge in [-0.05, 0) is 47.5 Å². The number of halogens is 12. The van der Waals surface area contributed by atoms with Crippen LogP contribution in [0, 0.1) is 0 Å². The zero-order valence-electron chi connectivity index (χ0n) is 24.3. The summed E-state index contributed by atoms with van der Waals surface area (Å²) in [5, 5.41) is -0.906. The van der Waals surface area contributed by atoms with Gasteiger partial charge in [-0.1, -0.05) is 36.4 Å². The van der Waals surface area contributed by atoms with Crippen LogP contribution in [-0.2, 0) is 24.7 Å². The molecule has 50 heavy (non-hydrogen) atoms. The number of nitrogens with zero attached hydrogens (tertiary/aromatic N) is 4. The minimum Gasteiger partial charge on any atom is -0.285 e. The molecule has 0 bridgehead atoms. The first kappa shape index (κ1) is 34.3. The average Bonchev–Trinajstić information content (AvgIpc) is 3.04. The molecule has 0 N–H and O–H groups in total. The van der Waals surface area contributed by atoms with Crippen molar-refractivity contribution in [2.45, 2.75) is 24.7 Å². The molecule has 5 nitrogen and oxygen atoms in total. The molecule has 0 saturated carbocycles. The molecule has 4 aromatic heterocycles. The van der Waals surface area contributed by atoms with Gasteiger partial charge in [0, 0.05) is 34.3 Å². The normalized spacial score (nSPS) is 12.9. The fourth-order valence-electron chi connectivity index (χ4n) is 5.41. The number of para-hydroxylation sites is 2. The number of carbonyl (C=O) groups excluding carboxylic acids is 1. The molecule has 0 amide bonds. The molecule has 256 valence electrons. The molecular weight excluding hydrogens is 696 g/mol. The second-order valence-electron chi connectivity index (χ2n) is 10.6. The number of aromatic nitrogens is 4. The number of hydrogen-bond donors (Lipinski definition) is 0. The third-order valence-corrected chi connectivity index (χ3v) is 7.50. The van der Waals surface area contributed by atoms with Gasteiger partial charge in [0.05, 0.1) is 22.2 Å². The number of alkyl halides is 12. The lowest BCUT2D eigenvalue weighted by molar-refractivity contribution is -0.142. The van der Waals surface area contributed by atoms with Crippen molar-refractivity contribution < 1.29 is 57.5 Å². The Morgan fingerprint density at radius 2 is 0.840 bits per heavy atom. The van der Waals surface area contributed by atoms with E-state index in [0.717, 1.165) is 48.8 Å². The van der Waals surface area contributed by atoms with Gasteiger partial charge in [-0.2, -0.15) is 52.7 Å². The third-order valence-electron chi connectivity index (χ3n) is 7.50. The summed E-state index contributed by atoms with van der Waals surface area (Å²) in [5.41, 5.74) is -12.0. The van der Waals surface area contributed by atoms with E-state index in [0.29, 0.717) is 24.3 Å². The molecule has 0 fully saturated rings. The molecule has 17 heteroatoms. The van der Waals surface area contributed by atoms with Crippen molar-refractivity contribution in [1.29, 1.82) is 0 Å². The lowest BCUT2D eigenvalue weighted by atomic mass is 9.92. The Morgan fingerprint density at radius 1 is 0.460 bits per heavy atom. The van der Waals surface area contributed by atoms with Gasteiger partial charge in [-0.25, -0.2) is 9.97 Å². The van der Waals surface area contributed by atoms with Crippen LogP contribution in [0.5, 0.6) is 0 Å². The molecule has 0 spiro atoms. The van der Waals surface area contributed by atoms with E-state index in [9.17, 15) is 57.5 Å². The molecule has 0 aliphatic rings. The van der Waals surface area contributed by atoms with Crippen molar-refractivity contribution in [3.05, 3.63) is 119 Å². The third kappa shape index (κ3) is 6.18. The quantitative estimate of drug-likeness (QED) is 0.135. The van der Waals surface area contributed by atoms with Gasteiger partial charge >= 0.3 is 24.7 Å². The van der Waals surface area contributed by atoms with Crippen molar-refractivity contribution in [1.82, 2.24) is 19.9 Å². The van der Waals surface area contributed by atoms with Crippen LogP contribution >= 0.6 is 0 Å².